The third-order valence-electron chi connectivity index (χ3n) is 3.51. The maximum absolute atomic E-state index is 10.4. The summed E-state index contributed by atoms with van der Waals surface area (Å²) in [5.74, 6) is 0.686. The van der Waals surface area contributed by atoms with E-state index in [1.54, 1.807) is 0 Å². The van der Waals surface area contributed by atoms with Crippen LogP contribution in [0.3, 0.4) is 0 Å². The van der Waals surface area contributed by atoms with Gasteiger partial charge >= 0.3 is 11.9 Å². The number of carboxylic acid groups (broad SMARTS) is 2. The summed E-state index contributed by atoms with van der Waals surface area (Å²) < 4.78 is 0. The first-order valence-electron chi connectivity index (χ1n) is 8.46. The van der Waals surface area contributed by atoms with Crippen molar-refractivity contribution < 1.29 is 19.8 Å². The molecule has 0 aromatic heterocycles. The quantitative estimate of drug-likeness (QED) is 0.152. The van der Waals surface area contributed by atoms with E-state index in [-0.39, 0.29) is 12.8 Å². The molecule has 0 aromatic carbocycles. The zero-order valence-electron chi connectivity index (χ0n) is 14.1. The van der Waals surface area contributed by atoms with Crippen LogP contribution in [0.2, 0.25) is 0 Å². The summed E-state index contributed by atoms with van der Waals surface area (Å²) in [7, 11) is 3.72. The monoisotopic (exact) mass is 414 g/mol. The summed E-state index contributed by atoms with van der Waals surface area (Å²) in [6.45, 7) is 0. The molecule has 4 nitrogen and oxygen atoms in total. The Morgan fingerprint density at radius 2 is 1.08 bits per heavy atom. The Labute approximate surface area is 164 Å². The van der Waals surface area contributed by atoms with Crippen LogP contribution in [-0.2, 0) is 9.59 Å². The Kier molecular flexibility index (Phi) is 17.0. The van der Waals surface area contributed by atoms with Gasteiger partial charge in [0.05, 0.1) is 0 Å². The van der Waals surface area contributed by atoms with Gasteiger partial charge in [0.1, 0.15) is 0 Å². The van der Waals surface area contributed by atoms with E-state index in [0.717, 1.165) is 62.9 Å². The van der Waals surface area contributed by atoms with Gasteiger partial charge in [-0.25, -0.2) is 0 Å². The average Bonchev–Trinajstić information content (AvgIpc) is 2.51. The standard InChI is InChI=1S/C16H30O4S4/c17-15(18)7-3-1-5-13(21)9-11-23-24-12-10-14(22)6-2-4-8-16(19)20/h13-14,21-22H,1-12H2,(H,17,18)(H,19,20). The van der Waals surface area contributed by atoms with E-state index in [1.165, 1.54) is 0 Å². The van der Waals surface area contributed by atoms with Crippen LogP contribution in [0.15, 0.2) is 0 Å². The van der Waals surface area contributed by atoms with Crippen molar-refractivity contribution in [1.82, 2.24) is 0 Å². The van der Waals surface area contributed by atoms with Gasteiger partial charge in [0.15, 0.2) is 0 Å². The Bertz CT molecular complexity index is 310. The van der Waals surface area contributed by atoms with Crippen LogP contribution in [0.5, 0.6) is 0 Å². The summed E-state index contributed by atoms with van der Waals surface area (Å²) in [5, 5.41) is 17.9. The molecule has 2 atom stereocenters. The molecular formula is C16H30O4S4. The molecule has 0 aliphatic heterocycles. The summed E-state index contributed by atoms with van der Waals surface area (Å²) in [6.07, 6.45) is 7.92. The molecule has 0 saturated carbocycles. The summed E-state index contributed by atoms with van der Waals surface area (Å²) in [6, 6.07) is 0. The number of aliphatic carboxylic acids is 2. The maximum Gasteiger partial charge on any atom is 0.303 e. The van der Waals surface area contributed by atoms with Crippen molar-refractivity contribution in [3.05, 3.63) is 0 Å². The topological polar surface area (TPSA) is 74.6 Å². The smallest absolute Gasteiger partial charge is 0.303 e. The minimum Gasteiger partial charge on any atom is -0.481 e. The molecule has 0 rings (SSSR count). The van der Waals surface area contributed by atoms with Crippen molar-refractivity contribution in [2.75, 3.05) is 11.5 Å². The first-order valence-corrected chi connectivity index (χ1v) is 12.0. The van der Waals surface area contributed by atoms with Crippen LogP contribution in [0.25, 0.3) is 0 Å². The van der Waals surface area contributed by atoms with E-state index in [2.05, 4.69) is 25.3 Å². The Hall–Kier alpha value is 0.340. The van der Waals surface area contributed by atoms with Crippen LogP contribution in [-0.4, -0.2) is 44.2 Å². The minimum atomic E-state index is -0.720. The van der Waals surface area contributed by atoms with Gasteiger partial charge in [-0.3, -0.25) is 9.59 Å². The highest BCUT2D eigenvalue weighted by atomic mass is 33.1. The van der Waals surface area contributed by atoms with Crippen molar-refractivity contribution in [3.63, 3.8) is 0 Å². The van der Waals surface area contributed by atoms with Crippen LogP contribution in [0, 0.1) is 0 Å². The number of carboxylic acids is 2. The van der Waals surface area contributed by atoms with Gasteiger partial charge in [-0.15, -0.1) is 0 Å². The fraction of sp³-hybridized carbons (Fsp3) is 0.875. The molecule has 0 radical (unpaired) electrons. The van der Waals surface area contributed by atoms with Crippen molar-refractivity contribution in [1.29, 1.82) is 0 Å². The second-order valence-electron chi connectivity index (χ2n) is 5.81. The van der Waals surface area contributed by atoms with Crippen molar-refractivity contribution >= 4 is 58.8 Å². The molecule has 0 aliphatic carbocycles. The first-order chi connectivity index (χ1) is 11.4. The zero-order valence-corrected chi connectivity index (χ0v) is 17.5. The molecule has 8 heteroatoms. The molecular weight excluding hydrogens is 384 g/mol. The molecule has 0 amide bonds. The molecule has 2 unspecified atom stereocenters. The largest absolute Gasteiger partial charge is 0.481 e. The number of hydrogen-bond donors (Lipinski definition) is 4. The van der Waals surface area contributed by atoms with Crippen LogP contribution in [0.4, 0.5) is 0 Å². The van der Waals surface area contributed by atoms with Crippen molar-refractivity contribution in [3.8, 4) is 0 Å². The van der Waals surface area contributed by atoms with Gasteiger partial charge in [0.2, 0.25) is 0 Å². The van der Waals surface area contributed by atoms with E-state index < -0.39 is 11.9 Å². The predicted molar refractivity (Wildman–Crippen MR) is 112 cm³/mol. The molecule has 0 aromatic rings. The highest BCUT2D eigenvalue weighted by Crippen LogP contribution is 2.27. The maximum atomic E-state index is 10.4. The Morgan fingerprint density at radius 3 is 1.42 bits per heavy atom. The minimum absolute atomic E-state index is 0.256. The van der Waals surface area contributed by atoms with Crippen LogP contribution < -0.4 is 0 Å². The van der Waals surface area contributed by atoms with Crippen molar-refractivity contribution in [2.24, 2.45) is 0 Å². The van der Waals surface area contributed by atoms with Crippen LogP contribution >= 0.6 is 46.8 Å². The Balaban J connectivity index is 3.33. The van der Waals surface area contributed by atoms with E-state index in [4.69, 9.17) is 10.2 Å². The van der Waals surface area contributed by atoms with Gasteiger partial charge in [-0.1, -0.05) is 34.4 Å². The van der Waals surface area contributed by atoms with Crippen LogP contribution in [0.1, 0.15) is 64.2 Å². The number of thiol groups is 2. The number of hydrogen-bond acceptors (Lipinski definition) is 6. The van der Waals surface area contributed by atoms with E-state index >= 15 is 0 Å². The van der Waals surface area contributed by atoms with Gasteiger partial charge in [0, 0.05) is 34.8 Å². The van der Waals surface area contributed by atoms with E-state index in [9.17, 15) is 9.59 Å². The fourth-order valence-electron chi connectivity index (χ4n) is 2.09. The number of carbonyl (C=O) groups is 2. The molecule has 0 heterocycles. The normalized spacial score (nSPS) is 13.6. The molecule has 2 N–H and O–H groups in total. The third-order valence-corrected chi connectivity index (χ3v) is 7.01. The van der Waals surface area contributed by atoms with E-state index in [1.807, 2.05) is 21.6 Å². The highest BCUT2D eigenvalue weighted by Gasteiger charge is 2.06. The fourth-order valence-corrected chi connectivity index (χ4v) is 5.34. The highest BCUT2D eigenvalue weighted by molar-refractivity contribution is 8.76. The molecule has 142 valence electrons. The second-order valence-corrected chi connectivity index (χ2v) is 9.97. The lowest BCUT2D eigenvalue weighted by Crippen LogP contribution is -2.02. The lowest BCUT2D eigenvalue weighted by molar-refractivity contribution is -0.138. The average molecular weight is 415 g/mol. The number of rotatable bonds is 17. The lowest BCUT2D eigenvalue weighted by Gasteiger charge is -2.11. The Morgan fingerprint density at radius 1 is 0.708 bits per heavy atom. The first kappa shape index (κ1) is 24.3. The molecule has 0 saturated heterocycles. The van der Waals surface area contributed by atoms with Crippen molar-refractivity contribution in [2.45, 2.75) is 74.7 Å². The molecule has 0 spiro atoms. The molecule has 24 heavy (non-hydrogen) atoms. The molecule has 0 aliphatic rings. The van der Waals surface area contributed by atoms with Gasteiger partial charge < -0.3 is 10.2 Å². The van der Waals surface area contributed by atoms with E-state index in [0.29, 0.717) is 10.5 Å². The SMILES string of the molecule is O=C(O)CCCCC(S)CCSSCCC(S)CCCCC(=O)O. The molecule has 0 fully saturated rings. The third kappa shape index (κ3) is 18.7. The number of unbranched alkanes of at least 4 members (excludes halogenated alkanes) is 2. The van der Waals surface area contributed by atoms with Gasteiger partial charge in [0.25, 0.3) is 0 Å². The summed E-state index contributed by atoms with van der Waals surface area (Å²) in [4.78, 5) is 20.8. The second kappa shape index (κ2) is 16.8. The predicted octanol–water partition coefficient (Wildman–Crippen LogP) is 5.03. The summed E-state index contributed by atoms with van der Waals surface area (Å²) in [5.41, 5.74) is 0. The zero-order chi connectivity index (χ0) is 18.2. The van der Waals surface area contributed by atoms with Gasteiger partial charge in [-0.05, 0) is 38.5 Å². The molecule has 0 bridgehead atoms. The lowest BCUT2D eigenvalue weighted by atomic mass is 10.1. The summed E-state index contributed by atoms with van der Waals surface area (Å²) >= 11 is 9.10. The van der Waals surface area contributed by atoms with Gasteiger partial charge in [-0.2, -0.15) is 25.3 Å².